The zero-order valence-electron chi connectivity index (χ0n) is 18.5. The molecular formula is C26H26BrN3O2. The average molecular weight is 492 g/mol. The lowest BCUT2D eigenvalue weighted by Gasteiger charge is -2.19. The van der Waals surface area contributed by atoms with E-state index < -0.39 is 0 Å². The lowest BCUT2D eigenvalue weighted by molar-refractivity contribution is -0.139. The Kier molecular flexibility index (Phi) is 5.20. The van der Waals surface area contributed by atoms with E-state index in [9.17, 15) is 9.59 Å². The molecule has 2 amide bonds. The summed E-state index contributed by atoms with van der Waals surface area (Å²) in [5, 5.41) is 4.69. The fourth-order valence-electron chi connectivity index (χ4n) is 4.86. The molecule has 1 N–H and O–H groups in total. The first-order chi connectivity index (χ1) is 15.3. The van der Waals surface area contributed by atoms with Crippen LogP contribution in [0.3, 0.4) is 0 Å². The van der Waals surface area contributed by atoms with E-state index in [2.05, 4.69) is 76.2 Å². The Balaban J connectivity index is 1.75. The number of rotatable bonds is 4. The Labute approximate surface area is 196 Å². The standard InChI is InChI=1S/C26H26BrN3O2/c1-15(2)11-12-29-13-19-23(17-7-9-18(27)10-8-17)25-21(14-30(16(3)31)26(25)32)28-20-5-4-6-22(29)24(19)20/h4-10,13,15,23,28H,11-12,14H2,1-3H3/t23-/m1/s1. The zero-order chi connectivity index (χ0) is 22.6. The lowest BCUT2D eigenvalue weighted by atomic mass is 9.84. The van der Waals surface area contributed by atoms with Gasteiger partial charge in [0.15, 0.2) is 0 Å². The van der Waals surface area contributed by atoms with Crippen LogP contribution in [0.2, 0.25) is 0 Å². The molecule has 5 nitrogen and oxygen atoms in total. The van der Waals surface area contributed by atoms with Crippen LogP contribution in [0.1, 0.15) is 44.2 Å². The van der Waals surface area contributed by atoms with Crippen LogP contribution in [0.5, 0.6) is 0 Å². The lowest BCUT2D eigenvalue weighted by Crippen LogP contribution is -2.33. The minimum Gasteiger partial charge on any atom is -0.356 e. The number of aromatic nitrogens is 1. The number of anilines is 1. The zero-order valence-corrected chi connectivity index (χ0v) is 20.1. The highest BCUT2D eigenvalue weighted by Gasteiger charge is 2.41. The number of carbonyl (C=O) groups is 2. The number of imide groups is 1. The fraction of sp³-hybridized carbons (Fsp3) is 0.308. The van der Waals surface area contributed by atoms with Crippen LogP contribution in [0, 0.1) is 5.92 Å². The Bertz CT molecular complexity index is 1270. The van der Waals surface area contributed by atoms with Gasteiger partial charge in [-0.25, -0.2) is 0 Å². The van der Waals surface area contributed by atoms with E-state index in [4.69, 9.17) is 0 Å². The number of halogens is 1. The summed E-state index contributed by atoms with van der Waals surface area (Å²) in [4.78, 5) is 27.0. The molecule has 0 fully saturated rings. The van der Waals surface area contributed by atoms with Gasteiger partial charge in [0.2, 0.25) is 5.91 Å². The van der Waals surface area contributed by atoms with Crippen molar-refractivity contribution >= 4 is 44.3 Å². The van der Waals surface area contributed by atoms with E-state index in [-0.39, 0.29) is 24.3 Å². The van der Waals surface area contributed by atoms with Crippen LogP contribution in [-0.2, 0) is 16.1 Å². The third kappa shape index (κ3) is 3.37. The van der Waals surface area contributed by atoms with E-state index in [1.165, 1.54) is 17.3 Å². The second-order valence-electron chi connectivity index (χ2n) is 9.07. The van der Waals surface area contributed by atoms with Gasteiger partial charge in [-0.15, -0.1) is 0 Å². The molecule has 1 atom stereocenters. The van der Waals surface area contributed by atoms with Crippen LogP contribution < -0.4 is 5.32 Å². The van der Waals surface area contributed by atoms with Crippen molar-refractivity contribution in [1.29, 1.82) is 0 Å². The minimum atomic E-state index is -0.242. The van der Waals surface area contributed by atoms with Crippen molar-refractivity contribution in [2.24, 2.45) is 5.92 Å². The largest absolute Gasteiger partial charge is 0.356 e. The van der Waals surface area contributed by atoms with Gasteiger partial charge < -0.3 is 9.88 Å². The van der Waals surface area contributed by atoms with Crippen molar-refractivity contribution in [2.75, 3.05) is 11.9 Å². The van der Waals surface area contributed by atoms with E-state index >= 15 is 0 Å². The molecule has 0 bridgehead atoms. The topological polar surface area (TPSA) is 54.3 Å². The molecule has 2 aromatic carbocycles. The molecule has 0 radical (unpaired) electrons. The molecule has 2 aliphatic rings. The van der Waals surface area contributed by atoms with Crippen LogP contribution in [-0.4, -0.2) is 27.8 Å². The molecule has 5 rings (SSSR count). The molecular weight excluding hydrogens is 466 g/mol. The Hall–Kier alpha value is -2.86. The quantitative estimate of drug-likeness (QED) is 0.512. The second-order valence-corrected chi connectivity index (χ2v) is 9.99. The molecule has 6 heteroatoms. The summed E-state index contributed by atoms with van der Waals surface area (Å²) < 4.78 is 3.31. The summed E-state index contributed by atoms with van der Waals surface area (Å²) in [5.74, 6) is -0.0766. The van der Waals surface area contributed by atoms with Crippen molar-refractivity contribution < 1.29 is 9.59 Å². The van der Waals surface area contributed by atoms with E-state index in [0.29, 0.717) is 11.5 Å². The van der Waals surface area contributed by atoms with Crippen molar-refractivity contribution in [3.63, 3.8) is 0 Å². The number of nitrogens with one attached hydrogen (secondary N) is 1. The maximum atomic E-state index is 13.5. The molecule has 32 heavy (non-hydrogen) atoms. The Morgan fingerprint density at radius 3 is 2.62 bits per heavy atom. The first-order valence-corrected chi connectivity index (χ1v) is 11.8. The van der Waals surface area contributed by atoms with E-state index in [1.807, 2.05) is 12.1 Å². The van der Waals surface area contributed by atoms with Crippen molar-refractivity contribution in [1.82, 2.24) is 9.47 Å². The van der Waals surface area contributed by atoms with Crippen molar-refractivity contribution in [2.45, 2.75) is 39.7 Å². The monoisotopic (exact) mass is 491 g/mol. The smallest absolute Gasteiger partial charge is 0.259 e. The number of carbonyl (C=O) groups excluding carboxylic acids is 2. The predicted octanol–water partition coefficient (Wildman–Crippen LogP) is 5.65. The van der Waals surface area contributed by atoms with Gasteiger partial charge in [-0.05, 0) is 47.7 Å². The normalized spacial score (nSPS) is 17.7. The average Bonchev–Trinajstić information content (AvgIpc) is 3.23. The SMILES string of the molecule is CC(=O)N1CC2=C(C1=O)[C@H](c1ccc(Br)cc1)c1cn(CCC(C)C)c3cccc(c13)N2. The summed E-state index contributed by atoms with van der Waals surface area (Å²) in [6, 6.07) is 14.4. The number of hydrogen-bond donors (Lipinski definition) is 1. The highest BCUT2D eigenvalue weighted by molar-refractivity contribution is 9.10. The molecule has 3 aromatic rings. The van der Waals surface area contributed by atoms with Gasteiger partial charge in [0.05, 0.1) is 17.6 Å². The highest BCUT2D eigenvalue weighted by atomic mass is 79.9. The fourth-order valence-corrected chi connectivity index (χ4v) is 5.12. The maximum absolute atomic E-state index is 13.5. The number of amides is 2. The van der Waals surface area contributed by atoms with Gasteiger partial charge in [0, 0.05) is 46.8 Å². The third-order valence-electron chi connectivity index (χ3n) is 6.47. The van der Waals surface area contributed by atoms with Gasteiger partial charge in [0.1, 0.15) is 0 Å². The first-order valence-electron chi connectivity index (χ1n) is 11.0. The van der Waals surface area contributed by atoms with Gasteiger partial charge in [-0.3, -0.25) is 14.5 Å². The molecule has 1 aromatic heterocycles. The number of aryl methyl sites for hydroxylation is 1. The van der Waals surface area contributed by atoms with Crippen LogP contribution in [0.4, 0.5) is 5.69 Å². The molecule has 0 saturated carbocycles. The first kappa shape index (κ1) is 21.0. The third-order valence-corrected chi connectivity index (χ3v) is 7.00. The molecule has 0 unspecified atom stereocenters. The molecule has 3 heterocycles. The summed E-state index contributed by atoms with van der Waals surface area (Å²) in [5.41, 5.74) is 5.80. The maximum Gasteiger partial charge on any atom is 0.259 e. The van der Waals surface area contributed by atoms with Gasteiger partial charge in [0.25, 0.3) is 5.91 Å². The number of benzene rings is 2. The Morgan fingerprint density at radius 2 is 1.94 bits per heavy atom. The van der Waals surface area contributed by atoms with Gasteiger partial charge >= 0.3 is 0 Å². The number of hydrogen-bond acceptors (Lipinski definition) is 3. The van der Waals surface area contributed by atoms with Crippen LogP contribution >= 0.6 is 15.9 Å². The van der Waals surface area contributed by atoms with Gasteiger partial charge in [-0.1, -0.05) is 48.0 Å². The van der Waals surface area contributed by atoms with Gasteiger partial charge in [-0.2, -0.15) is 0 Å². The predicted molar refractivity (Wildman–Crippen MR) is 130 cm³/mol. The van der Waals surface area contributed by atoms with Crippen molar-refractivity contribution in [3.05, 3.63) is 75.5 Å². The van der Waals surface area contributed by atoms with E-state index in [1.54, 1.807) is 0 Å². The molecule has 0 spiro atoms. The summed E-state index contributed by atoms with van der Waals surface area (Å²) in [6.45, 7) is 7.12. The molecule has 0 saturated heterocycles. The molecule has 0 aliphatic carbocycles. The highest BCUT2D eigenvalue weighted by Crippen LogP contribution is 2.46. The molecule has 2 aliphatic heterocycles. The van der Waals surface area contributed by atoms with Crippen molar-refractivity contribution in [3.8, 4) is 0 Å². The summed E-state index contributed by atoms with van der Waals surface area (Å²) >= 11 is 3.53. The Morgan fingerprint density at radius 1 is 1.19 bits per heavy atom. The van der Waals surface area contributed by atoms with E-state index in [0.717, 1.165) is 45.3 Å². The summed E-state index contributed by atoms with van der Waals surface area (Å²) in [7, 11) is 0. The van der Waals surface area contributed by atoms with Crippen LogP contribution in [0.15, 0.2) is 64.4 Å². The molecule has 164 valence electrons. The van der Waals surface area contributed by atoms with Crippen LogP contribution in [0.25, 0.3) is 10.9 Å². The second kappa shape index (κ2) is 7.93. The minimum absolute atomic E-state index is 0.205. The summed E-state index contributed by atoms with van der Waals surface area (Å²) in [6.07, 6.45) is 3.29. The number of nitrogens with zero attached hydrogens (tertiary/aromatic N) is 2.